The van der Waals surface area contributed by atoms with Gasteiger partial charge in [-0.15, -0.1) is 0 Å². The molecule has 2 rings (SSSR count). The zero-order valence-electron chi connectivity index (χ0n) is 11.8. The number of nitrogens with one attached hydrogen (secondary N) is 2. The Hall–Kier alpha value is -2.77. The highest BCUT2D eigenvalue weighted by atomic mass is 16.5. The van der Waals surface area contributed by atoms with E-state index < -0.39 is 0 Å². The molecular weight excluding hydrogens is 274 g/mol. The molecule has 0 saturated heterocycles. The minimum atomic E-state index is -0.284. The monoisotopic (exact) mass is 291 g/mol. The minimum Gasteiger partial charge on any atom is -0.493 e. The molecule has 4 N–H and O–H groups in total. The van der Waals surface area contributed by atoms with Crippen molar-refractivity contribution in [2.75, 3.05) is 26.5 Å². The second kappa shape index (κ2) is 6.60. The van der Waals surface area contributed by atoms with E-state index in [0.29, 0.717) is 41.5 Å². The van der Waals surface area contributed by atoms with Gasteiger partial charge in [0.05, 0.1) is 19.8 Å². The highest BCUT2D eigenvalue weighted by Gasteiger charge is 2.15. The summed E-state index contributed by atoms with van der Waals surface area (Å²) in [5, 5.41) is 9.22. The summed E-state index contributed by atoms with van der Waals surface area (Å²) >= 11 is 0. The molecule has 21 heavy (non-hydrogen) atoms. The second-order valence-corrected chi connectivity index (χ2v) is 4.23. The quantitative estimate of drug-likeness (QED) is 0.663. The zero-order chi connectivity index (χ0) is 15.2. The number of hydrogen-bond donors (Lipinski definition) is 3. The molecule has 0 aliphatic rings. The molecule has 0 unspecified atom stereocenters. The fraction of sp³-hybridized carbons (Fsp3) is 0.308. The lowest BCUT2D eigenvalue weighted by atomic mass is 10.1. The van der Waals surface area contributed by atoms with Crippen molar-refractivity contribution in [1.29, 1.82) is 0 Å². The van der Waals surface area contributed by atoms with Crippen LogP contribution in [0.2, 0.25) is 0 Å². The third-order valence-corrected chi connectivity index (χ3v) is 2.91. The van der Waals surface area contributed by atoms with Crippen molar-refractivity contribution in [3.63, 3.8) is 0 Å². The molecule has 0 fully saturated rings. The van der Waals surface area contributed by atoms with Crippen LogP contribution in [0.5, 0.6) is 11.5 Å². The summed E-state index contributed by atoms with van der Waals surface area (Å²) in [4.78, 5) is 16.1. The van der Waals surface area contributed by atoms with Crippen LogP contribution >= 0.6 is 0 Å². The summed E-state index contributed by atoms with van der Waals surface area (Å²) in [5.41, 5.74) is 6.52. The zero-order valence-corrected chi connectivity index (χ0v) is 11.8. The summed E-state index contributed by atoms with van der Waals surface area (Å²) < 4.78 is 10.3. The van der Waals surface area contributed by atoms with Gasteiger partial charge in [-0.05, 0) is 6.07 Å². The molecule has 112 valence electrons. The Bertz CT molecular complexity index is 613. The Morgan fingerprint density at radius 1 is 1.33 bits per heavy atom. The highest BCUT2D eigenvalue weighted by Crippen LogP contribution is 2.31. The van der Waals surface area contributed by atoms with Crippen LogP contribution in [0.25, 0.3) is 0 Å². The van der Waals surface area contributed by atoms with E-state index in [4.69, 9.17) is 15.2 Å². The molecule has 8 nitrogen and oxygen atoms in total. The van der Waals surface area contributed by atoms with Crippen LogP contribution in [-0.2, 0) is 6.42 Å². The molecule has 1 aromatic carbocycles. The first-order valence-electron chi connectivity index (χ1n) is 6.29. The van der Waals surface area contributed by atoms with Gasteiger partial charge in [0.25, 0.3) is 5.91 Å². The Balaban J connectivity index is 2.04. The Labute approximate surface area is 121 Å². The lowest BCUT2D eigenvalue weighted by molar-refractivity contribution is 0.0954. The Kier molecular flexibility index (Phi) is 4.60. The fourth-order valence-electron chi connectivity index (χ4n) is 1.83. The molecule has 1 amide bonds. The normalized spacial score (nSPS) is 10.2. The van der Waals surface area contributed by atoms with Crippen molar-refractivity contribution in [3.05, 3.63) is 29.8 Å². The van der Waals surface area contributed by atoms with Crippen LogP contribution in [0.3, 0.4) is 0 Å². The number of carbonyl (C=O) groups excluding carboxylic acids is 1. The lowest BCUT2D eigenvalue weighted by Crippen LogP contribution is -2.26. The number of rotatable bonds is 6. The van der Waals surface area contributed by atoms with Gasteiger partial charge in [0.15, 0.2) is 11.5 Å². The van der Waals surface area contributed by atoms with Crippen LogP contribution in [-0.4, -0.2) is 41.9 Å². The molecule has 1 heterocycles. The number of H-pyrrole nitrogens is 1. The van der Waals surface area contributed by atoms with Gasteiger partial charge in [-0.25, -0.2) is 4.98 Å². The molecule has 0 radical (unpaired) electrons. The number of nitrogens with zero attached hydrogens (tertiary/aromatic N) is 2. The number of aromatic amines is 1. The van der Waals surface area contributed by atoms with Crippen molar-refractivity contribution in [2.45, 2.75) is 6.42 Å². The predicted octanol–water partition coefficient (Wildman–Crippen LogP) is 0.377. The molecule has 0 spiro atoms. The first-order chi connectivity index (χ1) is 10.2. The molecule has 0 saturated carbocycles. The molecule has 8 heteroatoms. The molecule has 0 aliphatic carbocycles. The van der Waals surface area contributed by atoms with Gasteiger partial charge < -0.3 is 20.5 Å². The van der Waals surface area contributed by atoms with E-state index in [1.165, 1.54) is 20.5 Å². The van der Waals surface area contributed by atoms with Crippen molar-refractivity contribution in [2.24, 2.45) is 0 Å². The molecule has 2 aromatic rings. The maximum Gasteiger partial charge on any atom is 0.253 e. The maximum absolute atomic E-state index is 12.1. The summed E-state index contributed by atoms with van der Waals surface area (Å²) in [6.45, 7) is 0.418. The van der Waals surface area contributed by atoms with E-state index in [1.807, 2.05) is 0 Å². The smallest absolute Gasteiger partial charge is 0.253 e. The van der Waals surface area contributed by atoms with Crippen molar-refractivity contribution in [3.8, 4) is 11.5 Å². The van der Waals surface area contributed by atoms with E-state index in [9.17, 15) is 4.79 Å². The third kappa shape index (κ3) is 3.41. The molecule has 1 aromatic heterocycles. The molecule has 0 atom stereocenters. The number of carbonyl (C=O) groups is 1. The van der Waals surface area contributed by atoms with Crippen LogP contribution in [0, 0.1) is 0 Å². The number of methoxy groups -OCH3 is 2. The number of ether oxygens (including phenoxy) is 2. The average molecular weight is 291 g/mol. The van der Waals surface area contributed by atoms with Crippen LogP contribution < -0.4 is 20.5 Å². The Morgan fingerprint density at radius 2 is 2.05 bits per heavy atom. The summed E-state index contributed by atoms with van der Waals surface area (Å²) in [6.07, 6.45) is 1.97. The van der Waals surface area contributed by atoms with Gasteiger partial charge in [-0.2, -0.15) is 5.10 Å². The molecular formula is C13H17N5O3. The third-order valence-electron chi connectivity index (χ3n) is 2.91. The van der Waals surface area contributed by atoms with Gasteiger partial charge in [0.1, 0.15) is 12.2 Å². The molecule has 0 bridgehead atoms. The van der Waals surface area contributed by atoms with E-state index >= 15 is 0 Å². The molecule has 0 aliphatic heterocycles. The van der Waals surface area contributed by atoms with Crippen LogP contribution in [0.15, 0.2) is 18.5 Å². The first kappa shape index (κ1) is 14.6. The van der Waals surface area contributed by atoms with Gasteiger partial charge in [0.2, 0.25) is 0 Å². The van der Waals surface area contributed by atoms with E-state index in [2.05, 4.69) is 20.5 Å². The van der Waals surface area contributed by atoms with E-state index in [0.717, 1.165) is 0 Å². The number of hydrogen-bond acceptors (Lipinski definition) is 6. The highest BCUT2D eigenvalue weighted by molar-refractivity contribution is 6.00. The van der Waals surface area contributed by atoms with Gasteiger partial charge in [-0.3, -0.25) is 9.89 Å². The number of benzene rings is 1. The number of amides is 1. The lowest BCUT2D eigenvalue weighted by Gasteiger charge is -2.12. The van der Waals surface area contributed by atoms with Crippen LogP contribution in [0.1, 0.15) is 16.2 Å². The van der Waals surface area contributed by atoms with Crippen molar-refractivity contribution in [1.82, 2.24) is 20.5 Å². The standard InChI is InChI=1S/C13H17N5O3/c1-20-10-5-8(9(14)6-11(10)21-2)13(19)15-4-3-12-16-7-17-18-12/h5-7H,3-4,14H2,1-2H3,(H,15,19)(H,16,17,18). The summed E-state index contributed by atoms with van der Waals surface area (Å²) in [5.74, 6) is 1.35. The van der Waals surface area contributed by atoms with E-state index in [-0.39, 0.29) is 5.91 Å². The number of nitrogens with two attached hydrogens (primary N) is 1. The largest absolute Gasteiger partial charge is 0.493 e. The topological polar surface area (TPSA) is 115 Å². The number of anilines is 1. The maximum atomic E-state index is 12.1. The van der Waals surface area contributed by atoms with Gasteiger partial charge in [0, 0.05) is 24.7 Å². The first-order valence-corrected chi connectivity index (χ1v) is 6.29. The minimum absolute atomic E-state index is 0.284. The Morgan fingerprint density at radius 3 is 2.67 bits per heavy atom. The summed E-state index contributed by atoms with van der Waals surface area (Å²) in [7, 11) is 3.01. The summed E-state index contributed by atoms with van der Waals surface area (Å²) in [6, 6.07) is 3.11. The fourth-order valence-corrected chi connectivity index (χ4v) is 1.83. The van der Waals surface area contributed by atoms with Crippen molar-refractivity contribution < 1.29 is 14.3 Å². The number of nitrogen functional groups attached to an aromatic ring is 1. The van der Waals surface area contributed by atoms with E-state index in [1.54, 1.807) is 12.1 Å². The van der Waals surface area contributed by atoms with Gasteiger partial charge in [-0.1, -0.05) is 0 Å². The average Bonchev–Trinajstić information content (AvgIpc) is 3.00. The van der Waals surface area contributed by atoms with Crippen LogP contribution in [0.4, 0.5) is 5.69 Å². The second-order valence-electron chi connectivity index (χ2n) is 4.23. The van der Waals surface area contributed by atoms with Crippen molar-refractivity contribution >= 4 is 11.6 Å². The predicted molar refractivity (Wildman–Crippen MR) is 76.4 cm³/mol. The SMILES string of the molecule is COc1cc(N)c(C(=O)NCCc2ncn[nH]2)cc1OC. The number of aromatic nitrogens is 3. The van der Waals surface area contributed by atoms with Gasteiger partial charge >= 0.3 is 0 Å².